The molecule has 4 rings (SSSR count). The molecule has 1 aromatic heterocycles. The summed E-state index contributed by atoms with van der Waals surface area (Å²) in [5.74, 6) is -1.76. The van der Waals surface area contributed by atoms with Crippen LogP contribution in [0.1, 0.15) is 32.3 Å². The van der Waals surface area contributed by atoms with E-state index in [1.807, 2.05) is 30.3 Å². The van der Waals surface area contributed by atoms with Gasteiger partial charge in [-0.05, 0) is 24.5 Å². The van der Waals surface area contributed by atoms with Gasteiger partial charge in [-0.15, -0.1) is 0 Å². The van der Waals surface area contributed by atoms with Crippen molar-refractivity contribution < 1.29 is 32.4 Å². The van der Waals surface area contributed by atoms with Crippen LogP contribution < -0.4 is 10.6 Å². The number of ether oxygens (including phenoxy) is 1. The van der Waals surface area contributed by atoms with E-state index >= 15 is 0 Å². The molecule has 1 saturated heterocycles. The molecule has 0 aliphatic carbocycles. The van der Waals surface area contributed by atoms with E-state index < -0.39 is 23.8 Å². The van der Waals surface area contributed by atoms with Crippen molar-refractivity contribution in [2.75, 3.05) is 45.2 Å². The van der Waals surface area contributed by atoms with Gasteiger partial charge in [0, 0.05) is 57.7 Å². The molecule has 3 aromatic rings. The van der Waals surface area contributed by atoms with Crippen LogP contribution in [0.3, 0.4) is 0 Å². The minimum atomic E-state index is -0.982. The zero-order valence-electron chi connectivity index (χ0n) is 22.8. The first-order chi connectivity index (χ1) is 19.8. The summed E-state index contributed by atoms with van der Waals surface area (Å²) >= 11 is 0. The molecule has 0 radical (unpaired) electrons. The van der Waals surface area contributed by atoms with E-state index in [-0.39, 0.29) is 62.9 Å². The number of carbonyl (C=O) groups is 3. The highest BCUT2D eigenvalue weighted by Crippen LogP contribution is 2.22. The zero-order chi connectivity index (χ0) is 29.2. The first-order valence-corrected chi connectivity index (χ1v) is 13.4. The van der Waals surface area contributed by atoms with E-state index in [2.05, 4.69) is 15.8 Å². The molecule has 12 heteroatoms. The molecule has 10 nitrogen and oxygen atoms in total. The van der Waals surface area contributed by atoms with Crippen LogP contribution in [0.15, 0.2) is 59.1 Å². The van der Waals surface area contributed by atoms with Gasteiger partial charge in [-0.2, -0.15) is 0 Å². The van der Waals surface area contributed by atoms with Gasteiger partial charge in [0.25, 0.3) is 0 Å². The normalized spacial score (nSPS) is 13.5. The third-order valence-corrected chi connectivity index (χ3v) is 6.95. The van der Waals surface area contributed by atoms with E-state index in [0.717, 1.165) is 11.6 Å². The fourth-order valence-electron chi connectivity index (χ4n) is 4.50. The minimum absolute atomic E-state index is 0. The lowest BCUT2D eigenvalue weighted by Gasteiger charge is -2.30. The number of piperazine rings is 1. The molecule has 3 amide bonds. The summed E-state index contributed by atoms with van der Waals surface area (Å²) in [5.41, 5.74) is 0.879. The van der Waals surface area contributed by atoms with Crippen molar-refractivity contribution in [2.45, 2.75) is 39.2 Å². The van der Waals surface area contributed by atoms with Crippen LogP contribution in [-0.2, 0) is 20.7 Å². The van der Waals surface area contributed by atoms with Gasteiger partial charge in [0.05, 0.1) is 6.04 Å². The molecule has 2 heterocycles. The molecule has 2 aromatic carbocycles. The highest BCUT2D eigenvalue weighted by Gasteiger charge is 2.25. The quantitative estimate of drug-likeness (QED) is 0.341. The first-order valence-electron chi connectivity index (χ1n) is 13.4. The Morgan fingerprint density at radius 1 is 1.10 bits per heavy atom. The number of benzene rings is 2. The summed E-state index contributed by atoms with van der Waals surface area (Å²) in [4.78, 5) is 41.4. The lowest BCUT2D eigenvalue weighted by Crippen LogP contribution is -2.47. The Kier molecular flexibility index (Phi) is 12.0. The van der Waals surface area contributed by atoms with Gasteiger partial charge in [0.2, 0.25) is 11.8 Å². The Hall–Kier alpha value is -4.32. The van der Waals surface area contributed by atoms with Crippen LogP contribution in [-0.4, -0.2) is 78.7 Å². The van der Waals surface area contributed by atoms with Crippen LogP contribution in [0, 0.1) is 11.6 Å². The molecular formula is C30H37F2N5O5. The second-order valence-corrected chi connectivity index (χ2v) is 9.71. The second kappa shape index (κ2) is 15.6. The number of carbonyl (C=O) groups excluding carboxylic acids is 3. The smallest absolute Gasteiger partial charge is 0.412 e. The molecular weight excluding hydrogens is 548 g/mol. The largest absolute Gasteiger partial charge is 0.447 e. The number of likely N-dealkylation sites (N-methyl/N-ethyl adjacent to an activating group) is 1. The van der Waals surface area contributed by atoms with E-state index in [1.54, 1.807) is 11.0 Å². The maximum absolute atomic E-state index is 14.1. The van der Waals surface area contributed by atoms with Crippen molar-refractivity contribution in [3.8, 4) is 11.3 Å². The van der Waals surface area contributed by atoms with Crippen molar-refractivity contribution in [1.82, 2.24) is 20.3 Å². The van der Waals surface area contributed by atoms with Gasteiger partial charge in [0.1, 0.15) is 6.61 Å². The predicted molar refractivity (Wildman–Crippen MR) is 154 cm³/mol. The molecule has 226 valence electrons. The standard InChI is InChI=1S/C29H33F2N5O5.CH4/c1-35(26(37)12-10-21-8-5-9-23(30)28(21)31)22(11-13-27(38)36-16-14-32-15-17-36)19-40-29(39)33-25-18-24(41-34-25)20-6-3-2-4-7-20;/h2-9,18,22,32H,10-17,19H2,1H3,(H,33,34,39);1H4/t22-;/m0./s1. The Balaban J connectivity index is 0.00000484. The maximum Gasteiger partial charge on any atom is 0.412 e. The number of amides is 3. The van der Waals surface area contributed by atoms with Crippen molar-refractivity contribution in [1.29, 1.82) is 0 Å². The summed E-state index contributed by atoms with van der Waals surface area (Å²) in [5, 5.41) is 9.53. The second-order valence-electron chi connectivity index (χ2n) is 9.71. The van der Waals surface area contributed by atoms with Gasteiger partial charge in [-0.3, -0.25) is 14.9 Å². The number of nitrogens with zero attached hydrogens (tertiary/aromatic N) is 3. The molecule has 0 bridgehead atoms. The lowest BCUT2D eigenvalue weighted by molar-refractivity contribution is -0.135. The number of aryl methyl sites for hydroxylation is 1. The number of anilines is 1. The average Bonchev–Trinajstić information content (AvgIpc) is 3.46. The molecule has 1 aliphatic rings. The summed E-state index contributed by atoms with van der Waals surface area (Å²) in [6, 6.07) is 14.0. The van der Waals surface area contributed by atoms with Crippen LogP contribution in [0.4, 0.5) is 19.4 Å². The highest BCUT2D eigenvalue weighted by molar-refractivity contribution is 5.84. The number of halogens is 2. The van der Waals surface area contributed by atoms with Crippen LogP contribution >= 0.6 is 0 Å². The van der Waals surface area contributed by atoms with Crippen molar-refractivity contribution in [3.63, 3.8) is 0 Å². The minimum Gasteiger partial charge on any atom is -0.447 e. The lowest BCUT2D eigenvalue weighted by atomic mass is 10.1. The van der Waals surface area contributed by atoms with E-state index in [4.69, 9.17) is 9.26 Å². The Labute approximate surface area is 244 Å². The van der Waals surface area contributed by atoms with Crippen molar-refractivity contribution >= 4 is 23.7 Å². The zero-order valence-corrected chi connectivity index (χ0v) is 22.8. The predicted octanol–water partition coefficient (Wildman–Crippen LogP) is 4.48. The van der Waals surface area contributed by atoms with E-state index in [1.165, 1.54) is 24.1 Å². The maximum atomic E-state index is 14.1. The molecule has 2 N–H and O–H groups in total. The van der Waals surface area contributed by atoms with E-state index in [9.17, 15) is 23.2 Å². The summed E-state index contributed by atoms with van der Waals surface area (Å²) in [7, 11) is 1.54. The molecule has 1 atom stereocenters. The number of nitrogens with one attached hydrogen (secondary N) is 2. The summed E-state index contributed by atoms with van der Waals surface area (Å²) in [6.45, 7) is 2.42. The highest BCUT2D eigenvalue weighted by atomic mass is 19.2. The summed E-state index contributed by atoms with van der Waals surface area (Å²) < 4.78 is 38.3. The molecule has 1 fully saturated rings. The Bertz CT molecular complexity index is 1330. The third-order valence-electron chi connectivity index (χ3n) is 6.95. The van der Waals surface area contributed by atoms with E-state index in [0.29, 0.717) is 31.9 Å². The van der Waals surface area contributed by atoms with Crippen LogP contribution in [0.2, 0.25) is 0 Å². The molecule has 0 unspecified atom stereocenters. The number of rotatable bonds is 11. The molecule has 42 heavy (non-hydrogen) atoms. The van der Waals surface area contributed by atoms with Gasteiger partial charge in [-0.25, -0.2) is 13.6 Å². The summed E-state index contributed by atoms with van der Waals surface area (Å²) in [6.07, 6.45) is -0.508. The number of aromatic nitrogens is 1. The third kappa shape index (κ3) is 8.84. The van der Waals surface area contributed by atoms with Crippen molar-refractivity contribution in [2.24, 2.45) is 0 Å². The molecule has 0 spiro atoms. The fraction of sp³-hybridized carbons (Fsp3) is 0.400. The van der Waals surface area contributed by atoms with Gasteiger partial charge >= 0.3 is 6.09 Å². The SMILES string of the molecule is C.CN(C(=O)CCc1cccc(F)c1F)[C@@H](CCC(=O)N1CCNCC1)COC(=O)Nc1cc(-c2ccccc2)on1. The fourth-order valence-corrected chi connectivity index (χ4v) is 4.50. The van der Waals surface area contributed by atoms with Crippen LogP contribution in [0.25, 0.3) is 11.3 Å². The van der Waals surface area contributed by atoms with Crippen molar-refractivity contribution in [3.05, 3.63) is 71.8 Å². The Morgan fingerprint density at radius 3 is 2.57 bits per heavy atom. The first kappa shape index (κ1) is 32.2. The van der Waals surface area contributed by atoms with Gasteiger partial charge in [0.15, 0.2) is 23.2 Å². The molecule has 1 aliphatic heterocycles. The molecule has 0 saturated carbocycles. The van der Waals surface area contributed by atoms with Gasteiger partial charge < -0.3 is 24.4 Å². The number of hydrogen-bond donors (Lipinski definition) is 2. The van der Waals surface area contributed by atoms with Gasteiger partial charge in [-0.1, -0.05) is 55.0 Å². The average molecular weight is 586 g/mol. The van der Waals surface area contributed by atoms with Crippen LogP contribution in [0.5, 0.6) is 0 Å². The Morgan fingerprint density at radius 2 is 1.83 bits per heavy atom. The monoisotopic (exact) mass is 585 g/mol. The number of hydrogen-bond acceptors (Lipinski definition) is 7. The topological polar surface area (TPSA) is 117 Å².